The fourth-order valence-electron chi connectivity index (χ4n) is 3.12. The maximum Gasteiger partial charge on any atom is 0.231 e. The van der Waals surface area contributed by atoms with Crippen molar-refractivity contribution >= 4 is 29.1 Å². The third-order valence-corrected chi connectivity index (χ3v) is 5.20. The van der Waals surface area contributed by atoms with Crippen molar-refractivity contribution < 1.29 is 9.53 Å². The predicted molar refractivity (Wildman–Crippen MR) is 94.0 cm³/mol. The Morgan fingerprint density at radius 1 is 1.30 bits per heavy atom. The zero-order chi connectivity index (χ0) is 16.9. The highest BCUT2D eigenvalue weighted by molar-refractivity contribution is 6.42. The van der Waals surface area contributed by atoms with Gasteiger partial charge in [-0.2, -0.15) is 0 Å². The quantitative estimate of drug-likeness (QED) is 0.847. The lowest BCUT2D eigenvalue weighted by Crippen LogP contribution is -2.51. The fraction of sp³-hybridized carbons (Fsp3) is 0.588. The molecule has 4 nitrogen and oxygen atoms in total. The Kier molecular flexibility index (Phi) is 6.72. The number of carbonyl (C=O) groups excluding carboxylic acids is 1. The third kappa shape index (κ3) is 4.38. The third-order valence-electron chi connectivity index (χ3n) is 4.46. The van der Waals surface area contributed by atoms with E-state index in [0.29, 0.717) is 29.7 Å². The number of rotatable bonds is 6. The Bertz CT molecular complexity index is 540. The summed E-state index contributed by atoms with van der Waals surface area (Å²) in [6.45, 7) is 5.34. The van der Waals surface area contributed by atoms with Gasteiger partial charge < -0.3 is 15.0 Å². The largest absolute Gasteiger partial charge is 0.384 e. The number of hydrogen-bond donors (Lipinski definition) is 1. The number of benzene rings is 1. The van der Waals surface area contributed by atoms with E-state index in [1.54, 1.807) is 13.2 Å². The summed E-state index contributed by atoms with van der Waals surface area (Å²) in [6.07, 6.45) is 1.61. The van der Waals surface area contributed by atoms with Gasteiger partial charge in [0, 0.05) is 20.2 Å². The number of amides is 1. The second-order valence-electron chi connectivity index (χ2n) is 6.03. The molecule has 1 saturated heterocycles. The number of methoxy groups -OCH3 is 1. The highest BCUT2D eigenvalue weighted by Gasteiger charge is 2.41. The van der Waals surface area contributed by atoms with Gasteiger partial charge in [-0.15, -0.1) is 0 Å². The van der Waals surface area contributed by atoms with Gasteiger partial charge in [0.15, 0.2) is 0 Å². The number of halogens is 2. The Morgan fingerprint density at radius 3 is 2.57 bits per heavy atom. The van der Waals surface area contributed by atoms with Crippen LogP contribution in [0.15, 0.2) is 18.2 Å². The maximum absolute atomic E-state index is 13.2. The number of nitrogens with zero attached hydrogens (tertiary/aromatic N) is 1. The van der Waals surface area contributed by atoms with E-state index in [2.05, 4.69) is 5.32 Å². The highest BCUT2D eigenvalue weighted by atomic mass is 35.5. The van der Waals surface area contributed by atoms with Crippen LogP contribution in [0.4, 0.5) is 0 Å². The molecule has 0 bridgehead atoms. The second-order valence-corrected chi connectivity index (χ2v) is 6.85. The first-order valence-corrected chi connectivity index (χ1v) is 8.71. The minimum absolute atomic E-state index is 0.162. The minimum atomic E-state index is -0.424. The molecule has 23 heavy (non-hydrogen) atoms. The smallest absolute Gasteiger partial charge is 0.231 e. The lowest BCUT2D eigenvalue weighted by atomic mass is 9.78. The van der Waals surface area contributed by atoms with E-state index in [4.69, 9.17) is 27.9 Å². The zero-order valence-corrected chi connectivity index (χ0v) is 15.2. The molecule has 1 N–H and O–H groups in total. The number of ether oxygens (including phenoxy) is 1. The Hall–Kier alpha value is -0.810. The van der Waals surface area contributed by atoms with Crippen LogP contribution >= 0.6 is 23.2 Å². The van der Waals surface area contributed by atoms with Crippen molar-refractivity contribution in [2.45, 2.75) is 26.3 Å². The molecule has 0 spiro atoms. The molecule has 0 aliphatic carbocycles. The monoisotopic (exact) mass is 358 g/mol. The highest BCUT2D eigenvalue weighted by Crippen LogP contribution is 2.32. The van der Waals surface area contributed by atoms with Crippen LogP contribution in [0.25, 0.3) is 0 Å². The van der Waals surface area contributed by atoms with Crippen LogP contribution in [0.5, 0.6) is 0 Å². The van der Waals surface area contributed by atoms with Crippen molar-refractivity contribution in [1.82, 2.24) is 10.2 Å². The van der Waals surface area contributed by atoms with E-state index >= 15 is 0 Å². The van der Waals surface area contributed by atoms with E-state index < -0.39 is 5.41 Å². The summed E-state index contributed by atoms with van der Waals surface area (Å²) in [5.41, 5.74) is 0.558. The van der Waals surface area contributed by atoms with Crippen LogP contribution in [-0.4, -0.2) is 44.2 Å². The first-order valence-electron chi connectivity index (χ1n) is 7.95. The summed E-state index contributed by atoms with van der Waals surface area (Å²) in [4.78, 5) is 15.0. The summed E-state index contributed by atoms with van der Waals surface area (Å²) in [5.74, 6) is 0.162. The van der Waals surface area contributed by atoms with E-state index in [-0.39, 0.29) is 5.91 Å². The van der Waals surface area contributed by atoms with Crippen molar-refractivity contribution in [3.8, 4) is 0 Å². The van der Waals surface area contributed by atoms with Crippen molar-refractivity contribution in [2.75, 3.05) is 33.4 Å². The summed E-state index contributed by atoms with van der Waals surface area (Å²) in [6, 6.07) is 5.51. The van der Waals surface area contributed by atoms with Gasteiger partial charge in [-0.25, -0.2) is 0 Å². The molecule has 0 saturated carbocycles. The molecule has 1 aromatic carbocycles. The molecule has 2 rings (SSSR count). The predicted octanol–water partition coefficient (Wildman–Crippen LogP) is 3.36. The van der Waals surface area contributed by atoms with Crippen LogP contribution in [0, 0.1) is 5.41 Å². The van der Waals surface area contributed by atoms with Gasteiger partial charge in [0.25, 0.3) is 0 Å². The molecule has 128 valence electrons. The number of piperidine rings is 1. The number of carbonyl (C=O) groups is 1. The maximum atomic E-state index is 13.2. The Morgan fingerprint density at radius 2 is 2.00 bits per heavy atom. The molecule has 1 fully saturated rings. The molecule has 6 heteroatoms. The minimum Gasteiger partial charge on any atom is -0.384 e. The molecular weight excluding hydrogens is 335 g/mol. The molecule has 0 atom stereocenters. The van der Waals surface area contributed by atoms with Crippen LogP contribution in [0.2, 0.25) is 10.0 Å². The number of nitrogens with one attached hydrogen (secondary N) is 1. The van der Waals surface area contributed by atoms with Crippen LogP contribution in [-0.2, 0) is 16.1 Å². The molecule has 0 radical (unpaired) electrons. The van der Waals surface area contributed by atoms with Gasteiger partial charge in [0.1, 0.15) is 0 Å². The number of hydrogen-bond acceptors (Lipinski definition) is 3. The van der Waals surface area contributed by atoms with Crippen molar-refractivity contribution in [2.24, 2.45) is 5.41 Å². The topological polar surface area (TPSA) is 41.6 Å². The molecule has 1 heterocycles. The first-order chi connectivity index (χ1) is 11.0. The van der Waals surface area contributed by atoms with Crippen LogP contribution in [0.3, 0.4) is 0 Å². The zero-order valence-electron chi connectivity index (χ0n) is 13.7. The van der Waals surface area contributed by atoms with Gasteiger partial charge >= 0.3 is 0 Å². The molecule has 0 aromatic heterocycles. The van der Waals surface area contributed by atoms with E-state index in [1.807, 2.05) is 24.0 Å². The molecule has 1 aromatic rings. The molecular formula is C17H24Cl2N2O2. The van der Waals surface area contributed by atoms with Crippen LogP contribution in [0.1, 0.15) is 25.3 Å². The van der Waals surface area contributed by atoms with Gasteiger partial charge in [-0.3, -0.25) is 4.79 Å². The van der Waals surface area contributed by atoms with Crippen LogP contribution < -0.4 is 5.32 Å². The first kappa shape index (κ1) is 18.5. The molecule has 1 amide bonds. The normalized spacial score (nSPS) is 17.0. The second kappa shape index (κ2) is 8.34. The van der Waals surface area contributed by atoms with Crippen molar-refractivity contribution in [3.63, 3.8) is 0 Å². The van der Waals surface area contributed by atoms with Gasteiger partial charge in [0.2, 0.25) is 5.91 Å². The van der Waals surface area contributed by atoms with Crippen molar-refractivity contribution in [1.29, 1.82) is 0 Å². The fourth-order valence-corrected chi connectivity index (χ4v) is 3.44. The Balaban J connectivity index is 2.17. The van der Waals surface area contributed by atoms with Gasteiger partial charge in [0.05, 0.1) is 22.1 Å². The molecule has 1 aliphatic heterocycles. The summed E-state index contributed by atoms with van der Waals surface area (Å²) >= 11 is 12.0. The lowest BCUT2D eigenvalue weighted by molar-refractivity contribution is -0.148. The average molecular weight is 359 g/mol. The van der Waals surface area contributed by atoms with E-state index in [0.717, 1.165) is 31.5 Å². The molecule has 1 aliphatic rings. The summed E-state index contributed by atoms with van der Waals surface area (Å²) in [5, 5.41) is 4.36. The van der Waals surface area contributed by atoms with E-state index in [1.165, 1.54) is 0 Å². The SMILES string of the molecule is CCN(Cc1ccc(Cl)c(Cl)c1)C(=O)C1(COC)CCNCC1. The van der Waals surface area contributed by atoms with E-state index in [9.17, 15) is 4.79 Å². The lowest BCUT2D eigenvalue weighted by Gasteiger charge is -2.39. The summed E-state index contributed by atoms with van der Waals surface area (Å²) in [7, 11) is 1.66. The Labute approximate surface area is 148 Å². The standard InChI is InChI=1S/C17H24Cl2N2O2/c1-3-21(11-13-4-5-14(18)15(19)10-13)16(22)17(12-23-2)6-8-20-9-7-17/h4-5,10,20H,3,6-9,11-12H2,1-2H3. The molecule has 0 unspecified atom stereocenters. The van der Waals surface area contributed by atoms with Crippen molar-refractivity contribution in [3.05, 3.63) is 33.8 Å². The van der Waals surface area contributed by atoms with Gasteiger partial charge in [-0.05, 0) is 50.6 Å². The van der Waals surface area contributed by atoms with Gasteiger partial charge in [-0.1, -0.05) is 29.3 Å². The summed E-state index contributed by atoms with van der Waals surface area (Å²) < 4.78 is 5.37. The average Bonchev–Trinajstić information content (AvgIpc) is 2.56.